The van der Waals surface area contributed by atoms with E-state index in [4.69, 9.17) is 0 Å². The second kappa shape index (κ2) is 4.53. The first-order chi connectivity index (χ1) is 11.2. The molecule has 2 aromatic rings. The first-order valence-corrected chi connectivity index (χ1v) is 8.59. The summed E-state index contributed by atoms with van der Waals surface area (Å²) in [5.41, 5.74) is 4.88. The average molecular weight is 324 g/mol. The lowest BCUT2D eigenvalue weighted by Crippen LogP contribution is -2.60. The van der Waals surface area contributed by atoms with E-state index >= 15 is 4.39 Å². The molecule has 0 aliphatic carbocycles. The van der Waals surface area contributed by atoms with Crippen LogP contribution in [0, 0.1) is 18.2 Å². The zero-order valence-corrected chi connectivity index (χ0v) is 15.3. The van der Waals surface area contributed by atoms with E-state index in [1.54, 1.807) is 6.07 Å². The number of para-hydroxylation sites is 2. The van der Waals surface area contributed by atoms with Crippen LogP contribution in [0.15, 0.2) is 36.4 Å². The molecule has 2 aromatic carbocycles. The first-order valence-electron chi connectivity index (χ1n) is 8.59. The highest BCUT2D eigenvalue weighted by Crippen LogP contribution is 2.60. The van der Waals surface area contributed by atoms with E-state index in [2.05, 4.69) is 68.8 Å². The average Bonchev–Trinajstić information content (AvgIpc) is 2.79. The summed E-state index contributed by atoms with van der Waals surface area (Å²) < 4.78 is 15.1. The molecule has 24 heavy (non-hydrogen) atoms. The molecule has 126 valence electrons. The summed E-state index contributed by atoms with van der Waals surface area (Å²) in [6.07, 6.45) is 0.0922. The molecule has 4 rings (SSSR count). The second-order valence-electron chi connectivity index (χ2n) is 8.33. The maximum Gasteiger partial charge on any atom is 0.147 e. The summed E-state index contributed by atoms with van der Waals surface area (Å²) >= 11 is 0. The van der Waals surface area contributed by atoms with E-state index in [0.717, 1.165) is 22.5 Å². The van der Waals surface area contributed by atoms with Gasteiger partial charge in [-0.2, -0.15) is 0 Å². The Morgan fingerprint density at radius 2 is 1.62 bits per heavy atom. The zero-order valence-electron chi connectivity index (χ0n) is 15.3. The number of nitrogens with zero attached hydrogens (tertiary/aromatic N) is 2. The minimum absolute atomic E-state index is 0.0615. The lowest BCUT2D eigenvalue weighted by molar-refractivity contribution is 0.142. The molecule has 3 heteroatoms. The van der Waals surface area contributed by atoms with E-state index in [-0.39, 0.29) is 22.8 Å². The quantitative estimate of drug-likeness (QED) is 0.643. The van der Waals surface area contributed by atoms with Crippen LogP contribution >= 0.6 is 0 Å². The van der Waals surface area contributed by atoms with E-state index in [0.29, 0.717) is 0 Å². The van der Waals surface area contributed by atoms with E-state index in [1.165, 1.54) is 5.69 Å². The molecule has 0 saturated heterocycles. The number of hydrogen-bond donors (Lipinski definition) is 0. The smallest absolute Gasteiger partial charge is 0.147 e. The van der Waals surface area contributed by atoms with Gasteiger partial charge in [0.05, 0.1) is 17.1 Å². The minimum atomic E-state index is -0.146. The Morgan fingerprint density at radius 3 is 2.29 bits per heavy atom. The predicted molar refractivity (Wildman–Crippen MR) is 98.7 cm³/mol. The van der Waals surface area contributed by atoms with Gasteiger partial charge < -0.3 is 9.80 Å². The topological polar surface area (TPSA) is 6.48 Å². The Bertz CT molecular complexity index is 838. The summed E-state index contributed by atoms with van der Waals surface area (Å²) in [5.74, 6) is -0.122. The van der Waals surface area contributed by atoms with Crippen LogP contribution in [0.2, 0.25) is 0 Å². The highest BCUT2D eigenvalue weighted by atomic mass is 19.1. The van der Waals surface area contributed by atoms with Gasteiger partial charge >= 0.3 is 0 Å². The van der Waals surface area contributed by atoms with Crippen LogP contribution < -0.4 is 9.80 Å². The fraction of sp³-hybridized carbons (Fsp3) is 0.429. The highest BCUT2D eigenvalue weighted by molar-refractivity contribution is 5.87. The largest absolute Gasteiger partial charge is 0.352 e. The maximum atomic E-state index is 15.1. The van der Waals surface area contributed by atoms with Crippen molar-refractivity contribution in [1.82, 2.24) is 0 Å². The fourth-order valence-corrected chi connectivity index (χ4v) is 4.58. The first kappa shape index (κ1) is 15.5. The normalized spacial score (nSPS) is 22.9. The lowest BCUT2D eigenvalue weighted by Gasteiger charge is -2.56. The number of fused-ring (bicyclic) bond motifs is 5. The molecular weight excluding hydrogens is 299 g/mol. The molecular formula is C21H25FN2. The monoisotopic (exact) mass is 324 g/mol. The third-order valence-corrected chi connectivity index (χ3v) is 6.51. The number of hydrogen-bond acceptors (Lipinski definition) is 2. The Morgan fingerprint density at radius 1 is 1.00 bits per heavy atom. The van der Waals surface area contributed by atoms with Gasteiger partial charge in [-0.3, -0.25) is 0 Å². The van der Waals surface area contributed by atoms with Crippen LogP contribution in [-0.4, -0.2) is 13.2 Å². The van der Waals surface area contributed by atoms with E-state index in [9.17, 15) is 0 Å². The van der Waals surface area contributed by atoms with Crippen molar-refractivity contribution in [2.75, 3.05) is 16.8 Å². The Kier molecular flexibility index (Phi) is 2.92. The number of anilines is 3. The molecule has 2 aliphatic heterocycles. The Labute approximate surface area is 143 Å². The number of benzene rings is 2. The number of halogens is 1. The van der Waals surface area contributed by atoms with Gasteiger partial charge in [0.15, 0.2) is 0 Å². The van der Waals surface area contributed by atoms with Gasteiger partial charge in [-0.05, 0) is 36.2 Å². The molecule has 0 fully saturated rings. The molecule has 0 saturated carbocycles. The van der Waals surface area contributed by atoms with E-state index < -0.39 is 0 Å². The van der Waals surface area contributed by atoms with Crippen LogP contribution in [-0.2, 0) is 5.41 Å². The standard InChI is InChI=1S/C21H25FN2/c1-13-11-14-18(15(22)12-13)24-17-10-8-7-9-16(17)23(6)19(24)21(4,5)20(14,2)3/h7-12,19H,1-6H3. The number of aryl methyl sites for hydroxylation is 1. The fourth-order valence-electron chi connectivity index (χ4n) is 4.58. The van der Waals surface area contributed by atoms with Gasteiger partial charge in [-0.25, -0.2) is 4.39 Å². The number of rotatable bonds is 0. The van der Waals surface area contributed by atoms with Gasteiger partial charge in [-0.1, -0.05) is 45.9 Å². The molecule has 0 amide bonds. The van der Waals surface area contributed by atoms with Crippen LogP contribution in [0.3, 0.4) is 0 Å². The minimum Gasteiger partial charge on any atom is -0.352 e. The third-order valence-electron chi connectivity index (χ3n) is 6.51. The van der Waals surface area contributed by atoms with Crippen molar-refractivity contribution in [1.29, 1.82) is 0 Å². The summed E-state index contributed by atoms with van der Waals surface area (Å²) in [7, 11) is 2.12. The second-order valence-corrected chi connectivity index (χ2v) is 8.33. The highest BCUT2D eigenvalue weighted by Gasteiger charge is 2.57. The molecule has 1 unspecified atom stereocenters. The Balaban J connectivity index is 2.10. The molecule has 0 spiro atoms. The van der Waals surface area contributed by atoms with Crippen LogP contribution in [0.1, 0.15) is 38.8 Å². The molecule has 2 heterocycles. The predicted octanol–water partition coefficient (Wildman–Crippen LogP) is 5.37. The van der Waals surface area contributed by atoms with Gasteiger partial charge in [0.1, 0.15) is 12.0 Å². The maximum absolute atomic E-state index is 15.1. The van der Waals surface area contributed by atoms with E-state index in [1.807, 2.05) is 13.0 Å². The van der Waals surface area contributed by atoms with Gasteiger partial charge in [0.2, 0.25) is 0 Å². The van der Waals surface area contributed by atoms with Crippen molar-refractivity contribution >= 4 is 17.1 Å². The molecule has 0 bridgehead atoms. The summed E-state index contributed by atoms with van der Waals surface area (Å²) in [5, 5.41) is 0. The molecule has 0 N–H and O–H groups in total. The third kappa shape index (κ3) is 1.65. The van der Waals surface area contributed by atoms with Gasteiger partial charge in [-0.15, -0.1) is 0 Å². The van der Waals surface area contributed by atoms with Crippen molar-refractivity contribution in [3.8, 4) is 0 Å². The lowest BCUT2D eigenvalue weighted by atomic mass is 9.59. The van der Waals surface area contributed by atoms with Crippen LogP contribution in [0.25, 0.3) is 0 Å². The summed E-state index contributed by atoms with van der Waals surface area (Å²) in [6, 6.07) is 12.1. The van der Waals surface area contributed by atoms with Crippen LogP contribution in [0.4, 0.5) is 21.5 Å². The van der Waals surface area contributed by atoms with Gasteiger partial charge in [0.25, 0.3) is 0 Å². The molecule has 2 nitrogen and oxygen atoms in total. The molecule has 1 atom stereocenters. The SMILES string of the molecule is Cc1cc(F)c2c(c1)C(C)(C)C(C)(C)C1N(C)c3ccccc3N21. The van der Waals surface area contributed by atoms with Gasteiger partial charge in [0, 0.05) is 17.9 Å². The van der Waals surface area contributed by atoms with Crippen molar-refractivity contribution in [3.05, 3.63) is 53.3 Å². The van der Waals surface area contributed by atoms with Crippen molar-refractivity contribution in [2.45, 2.75) is 46.2 Å². The van der Waals surface area contributed by atoms with Crippen molar-refractivity contribution < 1.29 is 4.39 Å². The zero-order chi connectivity index (χ0) is 17.4. The summed E-state index contributed by atoms with van der Waals surface area (Å²) in [6.45, 7) is 11.1. The molecule has 0 aromatic heterocycles. The summed E-state index contributed by atoms with van der Waals surface area (Å²) in [4.78, 5) is 4.52. The molecule has 2 aliphatic rings. The van der Waals surface area contributed by atoms with Crippen molar-refractivity contribution in [2.24, 2.45) is 5.41 Å². The Hall–Kier alpha value is -2.03. The molecule has 0 radical (unpaired) electrons. The van der Waals surface area contributed by atoms with Crippen LogP contribution in [0.5, 0.6) is 0 Å². The van der Waals surface area contributed by atoms with Crippen molar-refractivity contribution in [3.63, 3.8) is 0 Å².